The Balaban J connectivity index is 1.39. The molecule has 2 amide bonds. The minimum atomic E-state index is -0.0793. The van der Waals surface area contributed by atoms with E-state index in [-0.39, 0.29) is 17.7 Å². The fraction of sp³-hybridized carbons (Fsp3) is 0.389. The van der Waals surface area contributed by atoms with E-state index in [4.69, 9.17) is 11.6 Å². The predicted molar refractivity (Wildman–Crippen MR) is 100.0 cm³/mol. The summed E-state index contributed by atoms with van der Waals surface area (Å²) >= 11 is 7.45. The summed E-state index contributed by atoms with van der Waals surface area (Å²) in [5, 5.41) is 6.98. The number of hydrogen-bond donors (Lipinski definition) is 2. The predicted octanol–water partition coefficient (Wildman–Crippen LogP) is 3.63. The number of amides is 2. The minimum absolute atomic E-state index is 0.0793. The molecule has 1 fully saturated rings. The number of carbonyl (C=O) groups excluding carboxylic acids is 2. The van der Waals surface area contributed by atoms with Crippen LogP contribution in [0.2, 0.25) is 5.02 Å². The summed E-state index contributed by atoms with van der Waals surface area (Å²) < 4.78 is 0. The Hall–Kier alpha value is -1.92. The second-order valence-corrected chi connectivity index (χ2v) is 7.71. The standard InChI is InChI=1S/C18H20ClN3O2S/c19-14-4-1-3-12(9-14)10-15-11-21-18(25-15)22-16(23)5-2-8-20-17(24)13-6-7-13/h1,3-4,9,11,13H,2,5-8,10H2,(H,20,24)(H,21,22,23). The second kappa shape index (κ2) is 8.45. The largest absolute Gasteiger partial charge is 0.356 e. The van der Waals surface area contributed by atoms with Crippen molar-refractivity contribution in [3.05, 3.63) is 45.9 Å². The van der Waals surface area contributed by atoms with E-state index in [0.29, 0.717) is 29.5 Å². The number of aromatic nitrogens is 1. The molecule has 1 aliphatic rings. The van der Waals surface area contributed by atoms with E-state index >= 15 is 0 Å². The Labute approximate surface area is 155 Å². The van der Waals surface area contributed by atoms with Gasteiger partial charge < -0.3 is 10.6 Å². The van der Waals surface area contributed by atoms with Crippen LogP contribution in [-0.4, -0.2) is 23.3 Å². The third-order valence-corrected chi connectivity index (χ3v) is 5.04. The van der Waals surface area contributed by atoms with Gasteiger partial charge in [0.1, 0.15) is 0 Å². The molecule has 0 unspecified atom stereocenters. The molecule has 7 heteroatoms. The van der Waals surface area contributed by atoms with E-state index in [9.17, 15) is 9.59 Å². The minimum Gasteiger partial charge on any atom is -0.356 e. The summed E-state index contributed by atoms with van der Waals surface area (Å²) in [6.07, 6.45) is 5.50. The summed E-state index contributed by atoms with van der Waals surface area (Å²) in [5.41, 5.74) is 1.11. The van der Waals surface area contributed by atoms with Crippen molar-refractivity contribution in [2.45, 2.75) is 32.1 Å². The van der Waals surface area contributed by atoms with Crippen molar-refractivity contribution in [2.24, 2.45) is 5.92 Å². The molecule has 0 spiro atoms. The first-order chi connectivity index (χ1) is 12.1. The normalized spacial score (nSPS) is 13.5. The molecule has 132 valence electrons. The van der Waals surface area contributed by atoms with Crippen LogP contribution in [-0.2, 0) is 16.0 Å². The lowest BCUT2D eigenvalue weighted by atomic mass is 10.1. The number of halogens is 1. The molecule has 0 atom stereocenters. The van der Waals surface area contributed by atoms with Gasteiger partial charge in [0.25, 0.3) is 0 Å². The number of anilines is 1. The summed E-state index contributed by atoms with van der Waals surface area (Å²) in [6, 6.07) is 7.70. The average molecular weight is 378 g/mol. The highest BCUT2D eigenvalue weighted by Crippen LogP contribution is 2.28. The smallest absolute Gasteiger partial charge is 0.226 e. The average Bonchev–Trinajstić information content (AvgIpc) is 3.34. The molecule has 1 saturated carbocycles. The van der Waals surface area contributed by atoms with Crippen LogP contribution in [0.1, 0.15) is 36.1 Å². The molecule has 2 aromatic rings. The van der Waals surface area contributed by atoms with Crippen molar-refractivity contribution in [2.75, 3.05) is 11.9 Å². The number of carbonyl (C=O) groups is 2. The number of nitrogens with zero attached hydrogens (tertiary/aromatic N) is 1. The zero-order chi connectivity index (χ0) is 17.6. The van der Waals surface area contributed by atoms with Crippen molar-refractivity contribution in [1.29, 1.82) is 0 Å². The van der Waals surface area contributed by atoms with Gasteiger partial charge in [-0.1, -0.05) is 23.7 Å². The number of hydrogen-bond acceptors (Lipinski definition) is 4. The summed E-state index contributed by atoms with van der Waals surface area (Å²) in [7, 11) is 0. The van der Waals surface area contributed by atoms with Crippen LogP contribution in [0.15, 0.2) is 30.5 Å². The van der Waals surface area contributed by atoms with Crippen molar-refractivity contribution in [3.63, 3.8) is 0 Å². The van der Waals surface area contributed by atoms with Crippen molar-refractivity contribution >= 4 is 39.9 Å². The van der Waals surface area contributed by atoms with E-state index in [1.165, 1.54) is 11.3 Å². The molecule has 0 saturated heterocycles. The SMILES string of the molecule is O=C(CCCNC(=O)C1CC1)Nc1ncc(Cc2cccc(Cl)c2)s1. The third kappa shape index (κ3) is 5.83. The summed E-state index contributed by atoms with van der Waals surface area (Å²) in [4.78, 5) is 28.7. The molecule has 25 heavy (non-hydrogen) atoms. The van der Waals surface area contributed by atoms with Crippen LogP contribution in [0.25, 0.3) is 0 Å². The van der Waals surface area contributed by atoms with Crippen molar-refractivity contribution in [1.82, 2.24) is 10.3 Å². The van der Waals surface area contributed by atoms with Gasteiger partial charge in [-0.15, -0.1) is 11.3 Å². The molecule has 1 aromatic carbocycles. The molecule has 1 heterocycles. The maximum Gasteiger partial charge on any atom is 0.226 e. The Morgan fingerprint density at radius 2 is 2.16 bits per heavy atom. The molecule has 2 N–H and O–H groups in total. The third-order valence-electron chi connectivity index (χ3n) is 3.90. The number of thiazole rings is 1. The maximum atomic E-state index is 11.9. The Morgan fingerprint density at radius 3 is 2.92 bits per heavy atom. The van der Waals surface area contributed by atoms with Gasteiger partial charge >= 0.3 is 0 Å². The fourth-order valence-electron chi connectivity index (χ4n) is 2.43. The quantitative estimate of drug-likeness (QED) is 0.690. The highest BCUT2D eigenvalue weighted by atomic mass is 35.5. The van der Waals surface area contributed by atoms with E-state index < -0.39 is 0 Å². The van der Waals surface area contributed by atoms with Crippen LogP contribution < -0.4 is 10.6 Å². The topological polar surface area (TPSA) is 71.1 Å². The van der Waals surface area contributed by atoms with Gasteiger partial charge in [-0.3, -0.25) is 9.59 Å². The summed E-state index contributed by atoms with van der Waals surface area (Å²) in [6.45, 7) is 0.542. The van der Waals surface area contributed by atoms with Crippen LogP contribution in [0.5, 0.6) is 0 Å². The van der Waals surface area contributed by atoms with E-state index in [0.717, 1.165) is 29.7 Å². The Kier molecular flexibility index (Phi) is 6.04. The van der Waals surface area contributed by atoms with Gasteiger partial charge in [-0.05, 0) is 37.0 Å². The molecule has 1 aliphatic carbocycles. The van der Waals surface area contributed by atoms with E-state index in [1.807, 2.05) is 24.3 Å². The highest BCUT2D eigenvalue weighted by Gasteiger charge is 2.28. The van der Waals surface area contributed by atoms with Crippen LogP contribution in [0.4, 0.5) is 5.13 Å². The second-order valence-electron chi connectivity index (χ2n) is 6.16. The van der Waals surface area contributed by atoms with Gasteiger partial charge in [0.05, 0.1) is 0 Å². The molecule has 5 nitrogen and oxygen atoms in total. The van der Waals surface area contributed by atoms with Gasteiger partial charge in [0.15, 0.2) is 5.13 Å². The van der Waals surface area contributed by atoms with Crippen LogP contribution >= 0.6 is 22.9 Å². The lowest BCUT2D eigenvalue weighted by Crippen LogP contribution is -2.26. The van der Waals surface area contributed by atoms with Gasteiger partial charge in [-0.25, -0.2) is 4.98 Å². The monoisotopic (exact) mass is 377 g/mol. The molecule has 3 rings (SSSR count). The Bertz CT molecular complexity index is 758. The zero-order valence-electron chi connectivity index (χ0n) is 13.8. The molecular weight excluding hydrogens is 358 g/mol. The highest BCUT2D eigenvalue weighted by molar-refractivity contribution is 7.15. The number of nitrogens with one attached hydrogen (secondary N) is 2. The molecule has 0 aliphatic heterocycles. The first-order valence-electron chi connectivity index (χ1n) is 8.37. The maximum absolute atomic E-state index is 11.9. The van der Waals surface area contributed by atoms with Gasteiger partial charge in [0.2, 0.25) is 11.8 Å². The lowest BCUT2D eigenvalue weighted by Gasteiger charge is -2.04. The lowest BCUT2D eigenvalue weighted by molar-refractivity contribution is -0.122. The zero-order valence-corrected chi connectivity index (χ0v) is 15.3. The van der Waals surface area contributed by atoms with Crippen molar-refractivity contribution in [3.8, 4) is 0 Å². The number of benzene rings is 1. The van der Waals surface area contributed by atoms with Gasteiger partial charge in [-0.2, -0.15) is 0 Å². The van der Waals surface area contributed by atoms with Crippen LogP contribution in [0.3, 0.4) is 0 Å². The molecule has 1 aromatic heterocycles. The van der Waals surface area contributed by atoms with E-state index in [1.54, 1.807) is 6.20 Å². The summed E-state index contributed by atoms with van der Waals surface area (Å²) in [5.74, 6) is 0.248. The molecule has 0 radical (unpaired) electrons. The van der Waals surface area contributed by atoms with Gasteiger partial charge in [0, 0.05) is 41.4 Å². The Morgan fingerprint density at radius 1 is 1.32 bits per heavy atom. The first-order valence-corrected chi connectivity index (χ1v) is 9.56. The fourth-order valence-corrected chi connectivity index (χ4v) is 3.50. The molecular formula is C18H20ClN3O2S. The molecule has 0 bridgehead atoms. The van der Waals surface area contributed by atoms with Crippen LogP contribution in [0, 0.1) is 5.92 Å². The number of rotatable bonds is 8. The van der Waals surface area contributed by atoms with Crippen molar-refractivity contribution < 1.29 is 9.59 Å². The first kappa shape index (κ1) is 17.9. The van der Waals surface area contributed by atoms with E-state index in [2.05, 4.69) is 15.6 Å².